The lowest BCUT2D eigenvalue weighted by atomic mass is 9.96. The van der Waals surface area contributed by atoms with Crippen LogP contribution in [0.1, 0.15) is 44.1 Å². The Kier molecular flexibility index (Phi) is 4.56. The molecule has 1 aromatic heterocycles. The molecule has 0 fully saturated rings. The highest BCUT2D eigenvalue weighted by Crippen LogP contribution is 2.17. The van der Waals surface area contributed by atoms with Crippen LogP contribution in [0.25, 0.3) is 0 Å². The van der Waals surface area contributed by atoms with Crippen LogP contribution < -0.4 is 5.32 Å². The van der Waals surface area contributed by atoms with Crippen molar-refractivity contribution < 1.29 is 4.79 Å². The van der Waals surface area contributed by atoms with Gasteiger partial charge in [0.05, 0.1) is 0 Å². The van der Waals surface area contributed by atoms with Gasteiger partial charge in [0.1, 0.15) is 5.82 Å². The molecule has 5 nitrogen and oxygen atoms in total. The molecule has 0 aliphatic carbocycles. The number of aromatic amines is 1. The fourth-order valence-corrected chi connectivity index (χ4v) is 1.86. The van der Waals surface area contributed by atoms with Gasteiger partial charge in [0.15, 0.2) is 0 Å². The first-order valence-corrected chi connectivity index (χ1v) is 6.96. The Morgan fingerprint density at radius 1 is 1.53 bits per heavy atom. The SMILES string of the molecule is CSCC(C)NC(=O)c1n[nH]c(C(C)(C)C)n1. The monoisotopic (exact) mass is 256 g/mol. The number of carbonyl (C=O) groups is 1. The molecule has 17 heavy (non-hydrogen) atoms. The first kappa shape index (κ1) is 14.0. The van der Waals surface area contributed by atoms with Gasteiger partial charge in [-0.25, -0.2) is 4.98 Å². The Morgan fingerprint density at radius 3 is 2.65 bits per heavy atom. The first-order valence-electron chi connectivity index (χ1n) is 5.57. The number of aromatic nitrogens is 3. The van der Waals surface area contributed by atoms with Gasteiger partial charge in [-0.3, -0.25) is 9.89 Å². The molecule has 0 aliphatic rings. The van der Waals surface area contributed by atoms with E-state index in [1.54, 1.807) is 11.8 Å². The molecule has 0 spiro atoms. The van der Waals surface area contributed by atoms with E-state index in [1.807, 2.05) is 34.0 Å². The summed E-state index contributed by atoms with van der Waals surface area (Å²) < 4.78 is 0. The molecule has 2 N–H and O–H groups in total. The molecule has 1 atom stereocenters. The van der Waals surface area contributed by atoms with Gasteiger partial charge >= 0.3 is 0 Å². The Balaban J connectivity index is 2.67. The van der Waals surface area contributed by atoms with Crippen molar-refractivity contribution in [1.29, 1.82) is 0 Å². The summed E-state index contributed by atoms with van der Waals surface area (Å²) in [5.74, 6) is 1.59. The molecule has 0 bridgehead atoms. The van der Waals surface area contributed by atoms with Crippen molar-refractivity contribution in [2.45, 2.75) is 39.2 Å². The van der Waals surface area contributed by atoms with E-state index in [2.05, 4.69) is 20.5 Å². The fraction of sp³-hybridized carbons (Fsp3) is 0.727. The van der Waals surface area contributed by atoms with E-state index in [0.717, 1.165) is 11.6 Å². The fourth-order valence-electron chi connectivity index (χ4n) is 1.28. The minimum absolute atomic E-state index is 0.120. The Bertz CT molecular complexity index is 383. The van der Waals surface area contributed by atoms with Crippen LogP contribution >= 0.6 is 11.8 Å². The summed E-state index contributed by atoms with van der Waals surface area (Å²) in [7, 11) is 0. The number of nitrogens with one attached hydrogen (secondary N) is 2. The van der Waals surface area contributed by atoms with Gasteiger partial charge in [-0.2, -0.15) is 11.8 Å². The van der Waals surface area contributed by atoms with Crippen molar-refractivity contribution in [1.82, 2.24) is 20.5 Å². The van der Waals surface area contributed by atoms with Crippen LogP contribution in [0.2, 0.25) is 0 Å². The molecule has 6 heteroatoms. The number of amides is 1. The molecule has 96 valence electrons. The van der Waals surface area contributed by atoms with Gasteiger partial charge in [0.2, 0.25) is 5.82 Å². The van der Waals surface area contributed by atoms with E-state index in [4.69, 9.17) is 0 Å². The highest BCUT2D eigenvalue weighted by atomic mass is 32.2. The minimum atomic E-state index is -0.224. The average molecular weight is 256 g/mol. The maximum absolute atomic E-state index is 11.8. The van der Waals surface area contributed by atoms with Crippen molar-refractivity contribution >= 4 is 17.7 Å². The Labute approximate surface area is 106 Å². The Morgan fingerprint density at radius 2 is 2.18 bits per heavy atom. The van der Waals surface area contributed by atoms with Gasteiger partial charge in [-0.05, 0) is 13.2 Å². The molecule has 0 saturated heterocycles. The van der Waals surface area contributed by atoms with Gasteiger partial charge in [0.25, 0.3) is 5.91 Å². The highest BCUT2D eigenvalue weighted by Gasteiger charge is 2.21. The van der Waals surface area contributed by atoms with Gasteiger partial charge in [0, 0.05) is 17.2 Å². The quantitative estimate of drug-likeness (QED) is 0.858. The first-order chi connectivity index (χ1) is 7.84. The van der Waals surface area contributed by atoms with Crippen molar-refractivity contribution in [3.05, 3.63) is 11.6 Å². The summed E-state index contributed by atoms with van der Waals surface area (Å²) >= 11 is 1.69. The van der Waals surface area contributed by atoms with Crippen LogP contribution in [0.4, 0.5) is 0 Å². The van der Waals surface area contributed by atoms with E-state index >= 15 is 0 Å². The van der Waals surface area contributed by atoms with E-state index in [1.165, 1.54) is 0 Å². The van der Waals surface area contributed by atoms with Gasteiger partial charge < -0.3 is 5.32 Å². The molecule has 1 rings (SSSR count). The number of rotatable bonds is 4. The predicted molar refractivity (Wildman–Crippen MR) is 70.4 cm³/mol. The maximum Gasteiger partial charge on any atom is 0.291 e. The van der Waals surface area contributed by atoms with Crippen molar-refractivity contribution in [2.75, 3.05) is 12.0 Å². The van der Waals surface area contributed by atoms with E-state index in [-0.39, 0.29) is 23.2 Å². The number of nitrogens with zero attached hydrogens (tertiary/aromatic N) is 2. The standard InChI is InChI=1S/C11H20N4OS/c1-7(6-17-5)12-9(16)8-13-10(15-14-8)11(2,3)4/h7H,6H2,1-5H3,(H,12,16)(H,13,14,15). The second kappa shape index (κ2) is 5.53. The lowest BCUT2D eigenvalue weighted by Gasteiger charge is -2.13. The molecule has 0 radical (unpaired) electrons. The summed E-state index contributed by atoms with van der Waals surface area (Å²) in [6.07, 6.45) is 2.01. The Hall–Kier alpha value is -1.04. The third-order valence-corrected chi connectivity index (χ3v) is 3.03. The van der Waals surface area contributed by atoms with E-state index in [9.17, 15) is 4.79 Å². The number of hydrogen-bond acceptors (Lipinski definition) is 4. The minimum Gasteiger partial charge on any atom is -0.346 e. The van der Waals surface area contributed by atoms with Gasteiger partial charge in [-0.1, -0.05) is 20.8 Å². The average Bonchev–Trinajstić information content (AvgIpc) is 2.65. The highest BCUT2D eigenvalue weighted by molar-refractivity contribution is 7.98. The van der Waals surface area contributed by atoms with Crippen molar-refractivity contribution in [2.24, 2.45) is 0 Å². The normalized spacial score (nSPS) is 13.5. The third-order valence-electron chi connectivity index (χ3n) is 2.19. The second-order valence-corrected chi connectivity index (χ2v) is 6.00. The van der Waals surface area contributed by atoms with E-state index < -0.39 is 0 Å². The van der Waals surface area contributed by atoms with Gasteiger partial charge in [-0.15, -0.1) is 5.10 Å². The summed E-state index contributed by atoms with van der Waals surface area (Å²) in [6.45, 7) is 8.02. The zero-order valence-electron chi connectivity index (χ0n) is 11.0. The number of hydrogen-bond donors (Lipinski definition) is 2. The molecule has 0 aliphatic heterocycles. The van der Waals surface area contributed by atoms with Crippen LogP contribution in [0.15, 0.2) is 0 Å². The number of thioether (sulfide) groups is 1. The molecule has 0 aromatic carbocycles. The number of H-pyrrole nitrogens is 1. The van der Waals surface area contributed by atoms with Crippen LogP contribution in [0.5, 0.6) is 0 Å². The maximum atomic E-state index is 11.8. The zero-order valence-corrected chi connectivity index (χ0v) is 11.8. The van der Waals surface area contributed by atoms with Crippen LogP contribution in [-0.4, -0.2) is 39.1 Å². The number of carbonyl (C=O) groups excluding carboxylic acids is 1. The largest absolute Gasteiger partial charge is 0.346 e. The summed E-state index contributed by atoms with van der Waals surface area (Å²) in [5.41, 5.74) is -0.129. The molecule has 1 heterocycles. The smallest absolute Gasteiger partial charge is 0.291 e. The molecule has 1 unspecified atom stereocenters. The molecular formula is C11H20N4OS. The summed E-state index contributed by atoms with van der Waals surface area (Å²) in [5, 5.41) is 9.60. The van der Waals surface area contributed by atoms with E-state index in [0.29, 0.717) is 0 Å². The van der Waals surface area contributed by atoms with Crippen molar-refractivity contribution in [3.8, 4) is 0 Å². The van der Waals surface area contributed by atoms with Crippen molar-refractivity contribution in [3.63, 3.8) is 0 Å². The molecular weight excluding hydrogens is 236 g/mol. The van der Waals surface area contributed by atoms with Crippen LogP contribution in [-0.2, 0) is 5.41 Å². The third kappa shape index (κ3) is 4.03. The second-order valence-electron chi connectivity index (χ2n) is 5.09. The topological polar surface area (TPSA) is 70.7 Å². The lowest BCUT2D eigenvalue weighted by molar-refractivity contribution is 0.0933. The zero-order chi connectivity index (χ0) is 13.1. The lowest BCUT2D eigenvalue weighted by Crippen LogP contribution is -2.34. The summed E-state index contributed by atoms with van der Waals surface area (Å²) in [4.78, 5) is 16.0. The molecule has 0 saturated carbocycles. The summed E-state index contributed by atoms with van der Waals surface area (Å²) in [6, 6.07) is 0.120. The van der Waals surface area contributed by atoms with Crippen LogP contribution in [0, 0.1) is 0 Å². The molecule has 1 amide bonds. The van der Waals surface area contributed by atoms with Crippen LogP contribution in [0.3, 0.4) is 0 Å². The predicted octanol–water partition coefficient (Wildman–Crippen LogP) is 1.58. The molecule has 1 aromatic rings.